The Labute approximate surface area is 147 Å². The third-order valence-electron chi connectivity index (χ3n) is 5.29. The van der Waals surface area contributed by atoms with Crippen LogP contribution in [0.4, 0.5) is 0 Å². The number of carbonyl (C=O) groups is 1. The van der Waals surface area contributed by atoms with Crippen molar-refractivity contribution in [2.75, 3.05) is 0 Å². The molecule has 1 aliphatic rings. The first kappa shape index (κ1) is 15.9. The Morgan fingerprint density at radius 3 is 2.72 bits per heavy atom. The van der Waals surface area contributed by atoms with Crippen molar-refractivity contribution in [3.8, 4) is 0 Å². The summed E-state index contributed by atoms with van der Waals surface area (Å²) in [6.45, 7) is 0. The highest BCUT2D eigenvalue weighted by molar-refractivity contribution is 5.97. The number of fused-ring (bicyclic) bond motifs is 1. The van der Waals surface area contributed by atoms with Crippen molar-refractivity contribution in [1.82, 2.24) is 14.9 Å². The monoisotopic (exact) mass is 333 g/mol. The number of hydrogen-bond donors (Lipinski definition) is 1. The first-order valence-electron chi connectivity index (χ1n) is 8.93. The minimum Gasteiger partial charge on any atom is -0.346 e. The number of carbonyl (C=O) groups excluding carboxylic acids is 1. The molecule has 1 fully saturated rings. The lowest BCUT2D eigenvalue weighted by Gasteiger charge is -2.30. The van der Waals surface area contributed by atoms with Gasteiger partial charge in [0.1, 0.15) is 5.65 Å². The van der Waals surface area contributed by atoms with Gasteiger partial charge in [0.25, 0.3) is 5.91 Å². The molecule has 0 atom stereocenters. The summed E-state index contributed by atoms with van der Waals surface area (Å²) in [6.07, 6.45) is 8.95. The van der Waals surface area contributed by atoms with E-state index >= 15 is 0 Å². The number of aryl methyl sites for hydroxylation is 1. The molecule has 1 N–H and O–H groups in total. The number of nitrogens with zero attached hydrogens (tertiary/aromatic N) is 2. The highest BCUT2D eigenvalue weighted by Gasteiger charge is 2.35. The standard InChI is InChI=1S/C21H23N3O/c1-24-12-9-17-13-18(15-22-19(17)24)20(25)23-21(10-5-6-11-21)14-16-7-3-2-4-8-16/h2-4,7-9,12-13,15H,5-6,10-11,14H2,1H3,(H,23,25). The summed E-state index contributed by atoms with van der Waals surface area (Å²) in [5, 5.41) is 4.34. The van der Waals surface area contributed by atoms with E-state index in [1.807, 2.05) is 36.0 Å². The molecular weight excluding hydrogens is 310 g/mol. The summed E-state index contributed by atoms with van der Waals surface area (Å²) < 4.78 is 1.96. The first-order chi connectivity index (χ1) is 12.2. The zero-order valence-corrected chi connectivity index (χ0v) is 14.5. The van der Waals surface area contributed by atoms with Crippen LogP contribution in [0.15, 0.2) is 54.9 Å². The molecule has 0 radical (unpaired) electrons. The lowest BCUT2D eigenvalue weighted by Crippen LogP contribution is -2.48. The zero-order valence-electron chi connectivity index (χ0n) is 14.5. The van der Waals surface area contributed by atoms with Crippen LogP contribution >= 0.6 is 0 Å². The summed E-state index contributed by atoms with van der Waals surface area (Å²) >= 11 is 0. The molecule has 1 aromatic carbocycles. The van der Waals surface area contributed by atoms with Gasteiger partial charge < -0.3 is 9.88 Å². The number of aromatic nitrogens is 2. The van der Waals surface area contributed by atoms with E-state index in [4.69, 9.17) is 0 Å². The molecule has 2 heterocycles. The largest absolute Gasteiger partial charge is 0.346 e. The van der Waals surface area contributed by atoms with Gasteiger partial charge in [0, 0.05) is 30.4 Å². The summed E-state index contributed by atoms with van der Waals surface area (Å²) in [6, 6.07) is 14.4. The Kier molecular flexibility index (Phi) is 4.04. The lowest BCUT2D eigenvalue weighted by molar-refractivity contribution is 0.0899. The van der Waals surface area contributed by atoms with Gasteiger partial charge in [0.2, 0.25) is 0 Å². The minimum absolute atomic E-state index is 0.0175. The van der Waals surface area contributed by atoms with Crippen molar-refractivity contribution >= 4 is 16.9 Å². The average Bonchev–Trinajstić information content (AvgIpc) is 3.23. The summed E-state index contributed by atoms with van der Waals surface area (Å²) in [5.74, 6) is -0.0175. The maximum absolute atomic E-state index is 12.9. The normalized spacial score (nSPS) is 16.2. The van der Waals surface area contributed by atoms with E-state index in [-0.39, 0.29) is 11.4 Å². The van der Waals surface area contributed by atoms with Gasteiger partial charge in [-0.2, -0.15) is 0 Å². The van der Waals surface area contributed by atoms with E-state index in [1.165, 1.54) is 18.4 Å². The Morgan fingerprint density at radius 1 is 1.20 bits per heavy atom. The van der Waals surface area contributed by atoms with E-state index < -0.39 is 0 Å². The predicted molar refractivity (Wildman–Crippen MR) is 99.5 cm³/mol. The maximum atomic E-state index is 12.9. The lowest BCUT2D eigenvalue weighted by atomic mass is 9.88. The number of amides is 1. The van der Waals surface area contributed by atoms with Gasteiger partial charge in [-0.15, -0.1) is 0 Å². The number of nitrogens with one attached hydrogen (secondary N) is 1. The molecule has 3 aromatic rings. The molecule has 4 heteroatoms. The third kappa shape index (κ3) is 3.16. The smallest absolute Gasteiger partial charge is 0.253 e. The van der Waals surface area contributed by atoms with Gasteiger partial charge in [-0.05, 0) is 37.0 Å². The van der Waals surface area contributed by atoms with E-state index in [0.29, 0.717) is 5.56 Å². The SMILES string of the molecule is Cn1ccc2cc(C(=O)NC3(Cc4ccccc4)CCCC3)cnc21. The molecule has 1 saturated carbocycles. The van der Waals surface area contributed by atoms with Gasteiger partial charge in [0.05, 0.1) is 5.56 Å². The first-order valence-corrected chi connectivity index (χ1v) is 8.93. The summed E-state index contributed by atoms with van der Waals surface area (Å²) in [5.41, 5.74) is 2.68. The summed E-state index contributed by atoms with van der Waals surface area (Å²) in [4.78, 5) is 17.3. The topological polar surface area (TPSA) is 46.9 Å². The second-order valence-electron chi connectivity index (χ2n) is 7.17. The van der Waals surface area contributed by atoms with Gasteiger partial charge in [-0.3, -0.25) is 4.79 Å². The van der Waals surface area contributed by atoms with Crippen molar-refractivity contribution in [3.05, 3.63) is 66.0 Å². The fourth-order valence-corrected chi connectivity index (χ4v) is 3.98. The average molecular weight is 333 g/mol. The van der Waals surface area contributed by atoms with Crippen LogP contribution < -0.4 is 5.32 Å². The van der Waals surface area contributed by atoms with Crippen LogP contribution in [0.25, 0.3) is 11.0 Å². The van der Waals surface area contributed by atoms with E-state index in [9.17, 15) is 4.79 Å². The molecule has 4 nitrogen and oxygen atoms in total. The molecule has 0 aliphatic heterocycles. The number of benzene rings is 1. The fourth-order valence-electron chi connectivity index (χ4n) is 3.98. The molecule has 0 spiro atoms. The summed E-state index contributed by atoms with van der Waals surface area (Å²) in [7, 11) is 1.96. The third-order valence-corrected chi connectivity index (χ3v) is 5.29. The van der Waals surface area contributed by atoms with Gasteiger partial charge in [0.15, 0.2) is 0 Å². The molecular formula is C21H23N3O. The van der Waals surface area contributed by atoms with Crippen LogP contribution in [0.3, 0.4) is 0 Å². The van der Waals surface area contributed by atoms with Gasteiger partial charge >= 0.3 is 0 Å². The predicted octanol–water partition coefficient (Wildman–Crippen LogP) is 3.86. The van der Waals surface area contributed by atoms with Crippen LogP contribution in [-0.2, 0) is 13.5 Å². The highest BCUT2D eigenvalue weighted by Crippen LogP contribution is 2.33. The van der Waals surface area contributed by atoms with Crippen LogP contribution in [-0.4, -0.2) is 21.0 Å². The van der Waals surface area contributed by atoms with Gasteiger partial charge in [-0.25, -0.2) is 4.98 Å². The molecule has 1 amide bonds. The number of rotatable bonds is 4. The molecule has 128 valence electrons. The molecule has 0 unspecified atom stereocenters. The van der Waals surface area contributed by atoms with Crippen LogP contribution in [0.2, 0.25) is 0 Å². The number of hydrogen-bond acceptors (Lipinski definition) is 2. The Morgan fingerprint density at radius 2 is 1.96 bits per heavy atom. The van der Waals surface area contributed by atoms with Crippen LogP contribution in [0.1, 0.15) is 41.6 Å². The number of pyridine rings is 1. The van der Waals surface area contributed by atoms with Crippen LogP contribution in [0.5, 0.6) is 0 Å². The molecule has 0 saturated heterocycles. The van der Waals surface area contributed by atoms with Crippen molar-refractivity contribution in [2.24, 2.45) is 7.05 Å². The molecule has 4 rings (SSSR count). The fraction of sp³-hybridized carbons (Fsp3) is 0.333. The maximum Gasteiger partial charge on any atom is 0.253 e. The van der Waals surface area contributed by atoms with E-state index in [1.54, 1.807) is 6.20 Å². The Hall–Kier alpha value is -2.62. The Bertz CT molecular complexity index is 892. The molecule has 1 aliphatic carbocycles. The molecule has 25 heavy (non-hydrogen) atoms. The Balaban J connectivity index is 1.57. The van der Waals surface area contributed by atoms with Gasteiger partial charge in [-0.1, -0.05) is 43.2 Å². The second kappa shape index (κ2) is 6.36. The van der Waals surface area contributed by atoms with Crippen LogP contribution in [0, 0.1) is 0 Å². The molecule has 0 bridgehead atoms. The van der Waals surface area contributed by atoms with Crippen molar-refractivity contribution in [3.63, 3.8) is 0 Å². The quantitative estimate of drug-likeness (QED) is 0.788. The van der Waals surface area contributed by atoms with Crippen molar-refractivity contribution < 1.29 is 4.79 Å². The highest BCUT2D eigenvalue weighted by atomic mass is 16.1. The van der Waals surface area contributed by atoms with Crippen molar-refractivity contribution in [1.29, 1.82) is 0 Å². The van der Waals surface area contributed by atoms with Crippen molar-refractivity contribution in [2.45, 2.75) is 37.6 Å². The molecule has 2 aromatic heterocycles. The van der Waals surface area contributed by atoms with E-state index in [0.717, 1.165) is 30.3 Å². The zero-order chi connectivity index (χ0) is 17.3. The second-order valence-corrected chi connectivity index (χ2v) is 7.17. The minimum atomic E-state index is -0.135. The van der Waals surface area contributed by atoms with E-state index in [2.05, 4.69) is 34.6 Å².